The maximum atomic E-state index is 13.2. The van der Waals surface area contributed by atoms with E-state index in [4.69, 9.17) is 21.1 Å². The van der Waals surface area contributed by atoms with Gasteiger partial charge in [-0.15, -0.1) is 5.10 Å². The largest absolute Gasteiger partial charge is 0.476 e. The van der Waals surface area contributed by atoms with Gasteiger partial charge in [-0.2, -0.15) is 18.3 Å². The number of rotatable bonds is 11. The number of pyridine rings is 1. The van der Waals surface area contributed by atoms with Crippen LogP contribution >= 0.6 is 11.6 Å². The number of carbonyl (C=O) groups excluding carboxylic acids is 2. The molecular weight excluding hydrogens is 703 g/mol. The first kappa shape index (κ1) is 38.9. The Balaban J connectivity index is 1.34. The van der Waals surface area contributed by atoms with E-state index in [9.17, 15) is 31.2 Å². The molecule has 0 bridgehead atoms. The molecule has 4 rings (SSSR count). The molecule has 0 aliphatic carbocycles. The summed E-state index contributed by atoms with van der Waals surface area (Å²) in [4.78, 5) is 31.4. The standard InChI is InChI=1S/C32H43ClF3N7O6S/c1-20-23(18-41(38-20)14-9-10-21-16-31(7,8)42(17-21)28(45)49-29(2,3)4)50(46,47)40-27(44)22-11-12-24(37-26(22)33)43-15-13-25(39-43)48-19-30(5,6)32(34,35)36/h11-13,15,18,21H,9-10,14,16-17,19H2,1-8H3,(H,40,44). The SMILES string of the molecule is Cc1nn(CCCC2CN(C(=O)OC(C)(C)C)C(C)(C)C2)cc1S(=O)(=O)NC(=O)c1ccc(-n2ccc(OCC(C)(C)C(F)(F)F)n2)nc1Cl. The molecule has 1 saturated heterocycles. The zero-order valence-electron chi connectivity index (χ0n) is 29.3. The van der Waals surface area contributed by atoms with Crippen LogP contribution in [0.25, 0.3) is 5.82 Å². The molecule has 276 valence electrons. The minimum Gasteiger partial charge on any atom is -0.476 e. The van der Waals surface area contributed by atoms with E-state index in [-0.39, 0.29) is 50.6 Å². The number of nitrogens with one attached hydrogen (secondary N) is 1. The fourth-order valence-corrected chi connectivity index (χ4v) is 6.83. The number of amides is 2. The van der Waals surface area contributed by atoms with Crippen molar-refractivity contribution >= 4 is 33.6 Å². The van der Waals surface area contributed by atoms with Crippen LogP contribution in [0.1, 0.15) is 83.8 Å². The number of likely N-dealkylation sites (tertiary alicyclic amines) is 1. The molecule has 3 aromatic rings. The second-order valence-corrected chi connectivity index (χ2v) is 16.7. The molecule has 3 aromatic heterocycles. The molecule has 1 N–H and O–H groups in total. The van der Waals surface area contributed by atoms with Gasteiger partial charge < -0.3 is 14.4 Å². The average Bonchev–Trinajstić information content (AvgIpc) is 3.67. The Morgan fingerprint density at radius 2 is 1.78 bits per heavy atom. The zero-order chi connectivity index (χ0) is 37.4. The second-order valence-electron chi connectivity index (χ2n) is 14.7. The van der Waals surface area contributed by atoms with Gasteiger partial charge in [0.2, 0.25) is 5.88 Å². The van der Waals surface area contributed by atoms with Crippen LogP contribution in [-0.2, 0) is 21.3 Å². The number of ether oxygens (including phenoxy) is 2. The predicted molar refractivity (Wildman–Crippen MR) is 178 cm³/mol. The summed E-state index contributed by atoms with van der Waals surface area (Å²) in [6, 6.07) is 3.92. The summed E-state index contributed by atoms with van der Waals surface area (Å²) < 4.78 is 81.3. The monoisotopic (exact) mass is 745 g/mol. The van der Waals surface area contributed by atoms with Crippen molar-refractivity contribution in [3.63, 3.8) is 0 Å². The molecule has 1 unspecified atom stereocenters. The molecule has 1 aliphatic heterocycles. The smallest absolute Gasteiger partial charge is 0.410 e. The Kier molecular flexibility index (Phi) is 10.9. The van der Waals surface area contributed by atoms with Gasteiger partial charge in [-0.05, 0) is 92.7 Å². The summed E-state index contributed by atoms with van der Waals surface area (Å²) in [6.45, 7) is 13.4. The third-order valence-corrected chi connectivity index (χ3v) is 9.94. The summed E-state index contributed by atoms with van der Waals surface area (Å²) in [5.41, 5.74) is -3.10. The highest BCUT2D eigenvalue weighted by Gasteiger charge is 2.48. The van der Waals surface area contributed by atoms with Crippen LogP contribution in [-0.4, -0.2) is 80.3 Å². The second kappa shape index (κ2) is 14.0. The normalized spacial score (nSPS) is 16.8. The van der Waals surface area contributed by atoms with Gasteiger partial charge in [0, 0.05) is 37.1 Å². The molecular formula is C32H43ClF3N7O6S. The highest BCUT2D eigenvalue weighted by atomic mass is 35.5. The Morgan fingerprint density at radius 3 is 2.40 bits per heavy atom. The van der Waals surface area contributed by atoms with E-state index in [1.54, 1.807) is 4.90 Å². The van der Waals surface area contributed by atoms with Crippen molar-refractivity contribution in [2.24, 2.45) is 11.3 Å². The summed E-state index contributed by atoms with van der Waals surface area (Å²) >= 11 is 6.24. The van der Waals surface area contributed by atoms with Gasteiger partial charge in [0.15, 0.2) is 5.82 Å². The van der Waals surface area contributed by atoms with E-state index in [0.717, 1.165) is 26.7 Å². The number of nitrogens with zero attached hydrogens (tertiary/aromatic N) is 6. The third-order valence-electron chi connectivity index (χ3n) is 8.22. The lowest BCUT2D eigenvalue weighted by molar-refractivity contribution is -0.219. The van der Waals surface area contributed by atoms with Crippen molar-refractivity contribution in [3.05, 3.63) is 47.0 Å². The van der Waals surface area contributed by atoms with E-state index in [1.165, 1.54) is 46.9 Å². The fourth-order valence-electron chi connectivity index (χ4n) is 5.44. The first-order valence-corrected chi connectivity index (χ1v) is 17.8. The predicted octanol–water partition coefficient (Wildman–Crippen LogP) is 6.33. The van der Waals surface area contributed by atoms with E-state index in [1.807, 2.05) is 39.3 Å². The van der Waals surface area contributed by atoms with Crippen molar-refractivity contribution in [2.45, 2.75) is 103 Å². The molecule has 1 fully saturated rings. The van der Waals surface area contributed by atoms with Crippen LogP contribution in [0, 0.1) is 18.3 Å². The summed E-state index contributed by atoms with van der Waals surface area (Å²) in [7, 11) is -4.35. The van der Waals surface area contributed by atoms with Gasteiger partial charge in [0.05, 0.1) is 16.7 Å². The van der Waals surface area contributed by atoms with E-state index in [2.05, 4.69) is 15.2 Å². The molecule has 1 aliphatic rings. The van der Waals surface area contributed by atoms with E-state index in [0.29, 0.717) is 19.5 Å². The van der Waals surface area contributed by atoms with Crippen molar-refractivity contribution in [1.82, 2.24) is 34.2 Å². The van der Waals surface area contributed by atoms with E-state index >= 15 is 0 Å². The highest BCUT2D eigenvalue weighted by molar-refractivity contribution is 7.90. The quantitative estimate of drug-likeness (QED) is 0.222. The summed E-state index contributed by atoms with van der Waals surface area (Å²) in [5.74, 6) is -0.772. The lowest BCUT2D eigenvalue weighted by atomic mass is 9.93. The molecule has 50 heavy (non-hydrogen) atoms. The van der Waals surface area contributed by atoms with Crippen LogP contribution in [0.2, 0.25) is 5.15 Å². The van der Waals surface area contributed by atoms with Gasteiger partial charge in [-0.3, -0.25) is 9.48 Å². The van der Waals surface area contributed by atoms with Crippen LogP contribution in [0.4, 0.5) is 18.0 Å². The molecule has 0 radical (unpaired) electrons. The van der Waals surface area contributed by atoms with Gasteiger partial charge >= 0.3 is 12.3 Å². The Labute approximate surface area is 294 Å². The average molecular weight is 746 g/mol. The van der Waals surface area contributed by atoms with Crippen LogP contribution in [0.3, 0.4) is 0 Å². The number of alkyl halides is 3. The summed E-state index contributed by atoms with van der Waals surface area (Å²) in [5, 5.41) is 8.03. The highest BCUT2D eigenvalue weighted by Crippen LogP contribution is 2.38. The number of carbonyl (C=O) groups is 2. The molecule has 13 nitrogen and oxygen atoms in total. The lowest BCUT2D eigenvalue weighted by Gasteiger charge is -2.33. The lowest BCUT2D eigenvalue weighted by Crippen LogP contribution is -2.45. The van der Waals surface area contributed by atoms with Crippen LogP contribution in [0.5, 0.6) is 5.88 Å². The minimum atomic E-state index is -4.48. The van der Waals surface area contributed by atoms with Crippen molar-refractivity contribution in [3.8, 4) is 11.7 Å². The maximum absolute atomic E-state index is 13.2. The van der Waals surface area contributed by atoms with Crippen molar-refractivity contribution in [2.75, 3.05) is 13.2 Å². The number of aryl methyl sites for hydroxylation is 2. The number of halogens is 4. The Bertz CT molecular complexity index is 1830. The number of hydrogen-bond donors (Lipinski definition) is 1. The van der Waals surface area contributed by atoms with Crippen molar-refractivity contribution in [1.29, 1.82) is 0 Å². The first-order valence-electron chi connectivity index (χ1n) is 15.9. The van der Waals surface area contributed by atoms with Gasteiger partial charge in [-0.1, -0.05) is 11.6 Å². The molecule has 1 atom stereocenters. The maximum Gasteiger partial charge on any atom is 0.410 e. The third kappa shape index (κ3) is 9.27. The summed E-state index contributed by atoms with van der Waals surface area (Å²) in [6.07, 6.45) is 0.180. The minimum absolute atomic E-state index is 0.0867. The number of sulfonamides is 1. The van der Waals surface area contributed by atoms with Crippen LogP contribution < -0.4 is 9.46 Å². The zero-order valence-corrected chi connectivity index (χ0v) is 30.8. The van der Waals surface area contributed by atoms with Crippen LogP contribution in [0.15, 0.2) is 35.5 Å². The molecule has 0 spiro atoms. The molecule has 0 saturated carbocycles. The van der Waals surface area contributed by atoms with Gasteiger partial charge in [-0.25, -0.2) is 27.6 Å². The molecule has 18 heteroatoms. The Hall–Kier alpha value is -3.86. The number of hydrogen-bond acceptors (Lipinski definition) is 9. The fraction of sp³-hybridized carbons (Fsp3) is 0.594. The molecule has 4 heterocycles. The Morgan fingerprint density at radius 1 is 1.10 bits per heavy atom. The van der Waals surface area contributed by atoms with Crippen molar-refractivity contribution < 1.29 is 40.7 Å². The first-order chi connectivity index (χ1) is 22.9. The molecule has 0 aromatic carbocycles. The van der Waals surface area contributed by atoms with Gasteiger partial charge in [0.1, 0.15) is 22.3 Å². The van der Waals surface area contributed by atoms with E-state index < -0.39 is 39.7 Å². The topological polar surface area (TPSA) is 151 Å². The number of aromatic nitrogens is 5. The molecule has 2 amide bonds. The van der Waals surface area contributed by atoms with Gasteiger partial charge in [0.25, 0.3) is 15.9 Å².